The predicted molar refractivity (Wildman–Crippen MR) is 51.3 cm³/mol. The van der Waals surface area contributed by atoms with Gasteiger partial charge < -0.3 is 5.11 Å². The van der Waals surface area contributed by atoms with Gasteiger partial charge in [-0.2, -0.15) is 0 Å². The van der Waals surface area contributed by atoms with Gasteiger partial charge in [0.15, 0.2) is 0 Å². The highest BCUT2D eigenvalue weighted by Crippen LogP contribution is 1.99. The summed E-state index contributed by atoms with van der Waals surface area (Å²) in [6, 6.07) is 1.52. The number of carbonyl (C=O) groups is 1. The SMILES string of the molecule is CCn1[nH]c(CCCC(=O)O)cc1=O. The van der Waals surface area contributed by atoms with Crippen LogP contribution in [0.1, 0.15) is 25.5 Å². The molecule has 5 nitrogen and oxygen atoms in total. The molecule has 0 saturated heterocycles. The van der Waals surface area contributed by atoms with E-state index in [4.69, 9.17) is 5.11 Å². The number of aromatic amines is 1. The van der Waals surface area contributed by atoms with Gasteiger partial charge >= 0.3 is 5.97 Å². The molecule has 0 aliphatic heterocycles. The minimum absolute atomic E-state index is 0.0576. The number of H-pyrrole nitrogens is 1. The molecule has 0 unspecified atom stereocenters. The van der Waals surface area contributed by atoms with Crippen molar-refractivity contribution < 1.29 is 9.90 Å². The summed E-state index contributed by atoms with van der Waals surface area (Å²) < 4.78 is 1.50. The topological polar surface area (TPSA) is 75.1 Å². The Balaban J connectivity index is 2.51. The maximum atomic E-state index is 11.2. The number of carboxylic acid groups (broad SMARTS) is 1. The zero-order valence-electron chi connectivity index (χ0n) is 8.12. The molecule has 0 aliphatic rings. The summed E-state index contributed by atoms with van der Waals surface area (Å²) in [7, 11) is 0. The molecule has 1 rings (SSSR count). The molecule has 0 fully saturated rings. The summed E-state index contributed by atoms with van der Waals surface area (Å²) >= 11 is 0. The van der Waals surface area contributed by atoms with Crippen LogP contribution in [0.2, 0.25) is 0 Å². The van der Waals surface area contributed by atoms with Crippen molar-refractivity contribution in [1.82, 2.24) is 9.78 Å². The predicted octanol–water partition coefficient (Wildman–Crippen LogP) is 0.604. The minimum atomic E-state index is -0.803. The monoisotopic (exact) mass is 198 g/mol. The van der Waals surface area contributed by atoms with Crippen LogP contribution in [0.5, 0.6) is 0 Å². The molecule has 0 aromatic carbocycles. The van der Waals surface area contributed by atoms with E-state index in [1.165, 1.54) is 10.7 Å². The molecule has 14 heavy (non-hydrogen) atoms. The molecule has 1 heterocycles. The molecule has 0 radical (unpaired) electrons. The van der Waals surface area contributed by atoms with Gasteiger partial charge in [0.1, 0.15) is 0 Å². The van der Waals surface area contributed by atoms with E-state index >= 15 is 0 Å². The second-order valence-corrected chi connectivity index (χ2v) is 3.11. The van der Waals surface area contributed by atoms with Crippen molar-refractivity contribution in [2.45, 2.75) is 32.7 Å². The van der Waals surface area contributed by atoms with Gasteiger partial charge in [-0.05, 0) is 19.8 Å². The second-order valence-electron chi connectivity index (χ2n) is 3.11. The third-order valence-corrected chi connectivity index (χ3v) is 2.00. The van der Waals surface area contributed by atoms with Crippen LogP contribution in [-0.2, 0) is 17.8 Å². The van der Waals surface area contributed by atoms with Gasteiger partial charge in [-0.25, -0.2) is 0 Å². The first kappa shape index (κ1) is 10.6. The summed E-state index contributed by atoms with van der Waals surface area (Å²) in [6.45, 7) is 2.48. The molecule has 0 atom stereocenters. The summed E-state index contributed by atoms with van der Waals surface area (Å²) in [4.78, 5) is 21.4. The average molecular weight is 198 g/mol. The van der Waals surface area contributed by atoms with Gasteiger partial charge in [-0.3, -0.25) is 19.4 Å². The van der Waals surface area contributed by atoms with Crippen LogP contribution in [0.3, 0.4) is 0 Å². The number of carboxylic acids is 1. The third kappa shape index (κ3) is 2.76. The number of aryl methyl sites for hydroxylation is 2. The Labute approximate surface area is 81.3 Å². The maximum Gasteiger partial charge on any atom is 0.303 e. The molecule has 1 aromatic rings. The van der Waals surface area contributed by atoms with Crippen molar-refractivity contribution in [2.24, 2.45) is 0 Å². The van der Waals surface area contributed by atoms with Crippen LogP contribution in [0.4, 0.5) is 0 Å². The molecule has 2 N–H and O–H groups in total. The molecular formula is C9H14N2O3. The van der Waals surface area contributed by atoms with Gasteiger partial charge in [-0.15, -0.1) is 0 Å². The first-order chi connectivity index (χ1) is 6.63. The fourth-order valence-corrected chi connectivity index (χ4v) is 1.28. The number of rotatable bonds is 5. The number of nitrogens with one attached hydrogen (secondary N) is 1. The van der Waals surface area contributed by atoms with E-state index < -0.39 is 5.97 Å². The molecule has 0 aliphatic carbocycles. The fraction of sp³-hybridized carbons (Fsp3) is 0.556. The second kappa shape index (κ2) is 4.64. The number of hydrogen-bond acceptors (Lipinski definition) is 2. The Morgan fingerprint density at radius 1 is 1.64 bits per heavy atom. The Morgan fingerprint density at radius 2 is 2.36 bits per heavy atom. The first-order valence-corrected chi connectivity index (χ1v) is 4.64. The summed E-state index contributed by atoms with van der Waals surface area (Å²) in [6.07, 6.45) is 1.30. The molecule has 1 aromatic heterocycles. The maximum absolute atomic E-state index is 11.2. The Morgan fingerprint density at radius 3 is 2.86 bits per heavy atom. The Hall–Kier alpha value is -1.52. The van der Waals surface area contributed by atoms with E-state index in [1.807, 2.05) is 6.92 Å². The highest BCUT2D eigenvalue weighted by molar-refractivity contribution is 5.66. The molecule has 0 saturated carbocycles. The average Bonchev–Trinajstić information content (AvgIpc) is 2.45. The van der Waals surface area contributed by atoms with Crippen molar-refractivity contribution in [3.8, 4) is 0 Å². The fourth-order valence-electron chi connectivity index (χ4n) is 1.28. The van der Waals surface area contributed by atoms with Crippen LogP contribution < -0.4 is 5.56 Å². The highest BCUT2D eigenvalue weighted by Gasteiger charge is 2.02. The lowest BCUT2D eigenvalue weighted by Gasteiger charge is -1.96. The van der Waals surface area contributed by atoms with Gasteiger partial charge in [0.25, 0.3) is 5.56 Å². The normalized spacial score (nSPS) is 10.4. The van der Waals surface area contributed by atoms with Crippen LogP contribution in [0, 0.1) is 0 Å². The zero-order chi connectivity index (χ0) is 10.6. The Bertz CT molecular complexity index is 364. The highest BCUT2D eigenvalue weighted by atomic mass is 16.4. The molecular weight excluding hydrogens is 184 g/mol. The summed E-state index contributed by atoms with van der Waals surface area (Å²) in [5.41, 5.74) is 0.746. The summed E-state index contributed by atoms with van der Waals surface area (Å²) in [5, 5.41) is 11.3. The smallest absolute Gasteiger partial charge is 0.303 e. The Kier molecular flexibility index (Phi) is 3.50. The molecule has 78 valence electrons. The van der Waals surface area contributed by atoms with Crippen LogP contribution in [0.25, 0.3) is 0 Å². The van der Waals surface area contributed by atoms with Crippen LogP contribution >= 0.6 is 0 Å². The number of aliphatic carboxylic acids is 1. The number of nitrogens with zero attached hydrogens (tertiary/aromatic N) is 1. The number of hydrogen-bond donors (Lipinski definition) is 2. The van der Waals surface area contributed by atoms with Crippen molar-refractivity contribution in [2.75, 3.05) is 0 Å². The third-order valence-electron chi connectivity index (χ3n) is 2.00. The minimum Gasteiger partial charge on any atom is -0.481 e. The lowest BCUT2D eigenvalue weighted by molar-refractivity contribution is -0.137. The van der Waals surface area contributed by atoms with E-state index in [0.717, 1.165) is 5.69 Å². The quantitative estimate of drug-likeness (QED) is 0.727. The van der Waals surface area contributed by atoms with E-state index in [9.17, 15) is 9.59 Å². The van der Waals surface area contributed by atoms with Gasteiger partial charge in [0.05, 0.1) is 0 Å². The lowest BCUT2D eigenvalue weighted by atomic mass is 10.2. The van der Waals surface area contributed by atoms with E-state index in [1.54, 1.807) is 0 Å². The van der Waals surface area contributed by atoms with Crippen molar-refractivity contribution in [3.63, 3.8) is 0 Å². The summed E-state index contributed by atoms with van der Waals surface area (Å²) in [5.74, 6) is -0.803. The molecule has 0 amide bonds. The van der Waals surface area contributed by atoms with E-state index in [2.05, 4.69) is 5.10 Å². The molecule has 5 heteroatoms. The zero-order valence-corrected chi connectivity index (χ0v) is 8.12. The van der Waals surface area contributed by atoms with E-state index in [-0.39, 0.29) is 12.0 Å². The van der Waals surface area contributed by atoms with Crippen LogP contribution in [-0.4, -0.2) is 20.9 Å². The largest absolute Gasteiger partial charge is 0.481 e. The number of aromatic nitrogens is 2. The standard InChI is InChI=1S/C9H14N2O3/c1-2-11-8(12)6-7(10-11)4-3-5-9(13)14/h6,10H,2-5H2,1H3,(H,13,14). The van der Waals surface area contributed by atoms with Crippen molar-refractivity contribution in [3.05, 3.63) is 22.1 Å². The first-order valence-electron chi connectivity index (χ1n) is 4.64. The van der Waals surface area contributed by atoms with Crippen molar-refractivity contribution >= 4 is 5.97 Å². The molecule has 0 spiro atoms. The lowest BCUT2D eigenvalue weighted by Crippen LogP contribution is -2.13. The molecule has 0 bridgehead atoms. The van der Waals surface area contributed by atoms with Crippen molar-refractivity contribution in [1.29, 1.82) is 0 Å². The van der Waals surface area contributed by atoms with Gasteiger partial charge in [-0.1, -0.05) is 0 Å². The van der Waals surface area contributed by atoms with Gasteiger partial charge in [0.2, 0.25) is 0 Å². The van der Waals surface area contributed by atoms with E-state index in [0.29, 0.717) is 19.4 Å². The van der Waals surface area contributed by atoms with Gasteiger partial charge in [0, 0.05) is 24.7 Å². The van der Waals surface area contributed by atoms with Crippen LogP contribution in [0.15, 0.2) is 10.9 Å².